The fourth-order valence-electron chi connectivity index (χ4n) is 0.477. The fourth-order valence-corrected chi connectivity index (χ4v) is 0.746. The average molecular weight is 142 g/mol. The van der Waals surface area contributed by atoms with Crippen LogP contribution in [0.3, 0.4) is 0 Å². The molecule has 1 aromatic heterocycles. The molecule has 0 saturated carbocycles. The Labute approximate surface area is 53.4 Å². The van der Waals surface area contributed by atoms with Crippen LogP contribution in [-0.4, -0.2) is 20.2 Å². The lowest BCUT2D eigenvalue weighted by atomic mass is 10.7. The first-order valence-corrected chi connectivity index (χ1v) is 3.49. The summed E-state index contributed by atoms with van der Waals surface area (Å²) in [6.07, 6.45) is 1.44. The van der Waals surface area contributed by atoms with E-state index in [0.717, 1.165) is 0 Å². The molecule has 0 saturated heterocycles. The van der Waals surface area contributed by atoms with Gasteiger partial charge < -0.3 is 4.98 Å². The molecule has 1 aromatic rings. The zero-order chi connectivity index (χ0) is 6.85. The van der Waals surface area contributed by atoms with E-state index < -0.39 is 5.69 Å². The van der Waals surface area contributed by atoms with Gasteiger partial charge in [0.15, 0.2) is 0 Å². The first-order valence-electron chi connectivity index (χ1n) is 2.49. The molecule has 4 nitrogen and oxygen atoms in total. The highest BCUT2D eigenvalue weighted by molar-refractivity contribution is 6.31. The van der Waals surface area contributed by atoms with Crippen LogP contribution in [0.5, 0.6) is 0 Å². The van der Waals surface area contributed by atoms with Crippen molar-refractivity contribution >= 4 is 15.4 Å². The van der Waals surface area contributed by atoms with Crippen LogP contribution in [0.15, 0.2) is 15.8 Å². The zero-order valence-corrected chi connectivity index (χ0v) is 6.89. The predicted molar refractivity (Wildman–Crippen MR) is 37.3 cm³/mol. The second-order valence-corrected chi connectivity index (χ2v) is 2.83. The van der Waals surface area contributed by atoms with Crippen LogP contribution in [0, 0.1) is 0 Å². The Balaban J connectivity index is 3.52. The van der Waals surface area contributed by atoms with E-state index in [1.165, 1.54) is 6.20 Å². The van der Waals surface area contributed by atoms with E-state index in [2.05, 4.69) is 9.97 Å². The van der Waals surface area contributed by atoms with Crippen molar-refractivity contribution in [2.75, 3.05) is 0 Å². The minimum absolute atomic E-state index is 0.273. The highest BCUT2D eigenvalue weighted by Gasteiger charge is 1.88. The number of hydrogen-bond donors (Lipinski definition) is 2. The minimum atomic E-state index is -0.445. The van der Waals surface area contributed by atoms with Gasteiger partial charge in [0.2, 0.25) is 0 Å². The van der Waals surface area contributed by atoms with Gasteiger partial charge in [-0.3, -0.25) is 9.78 Å². The molecule has 0 aromatic carbocycles. The second-order valence-electron chi connectivity index (χ2n) is 1.75. The molecule has 0 aliphatic carbocycles. The van der Waals surface area contributed by atoms with Crippen LogP contribution in [0.2, 0.25) is 0 Å². The van der Waals surface area contributed by atoms with Crippen molar-refractivity contribution in [3.8, 4) is 0 Å². The molecule has 0 bridgehead atoms. The Morgan fingerprint density at radius 2 is 2.11 bits per heavy atom. The molecule has 48 valence electrons. The average Bonchev–Trinajstić information content (AvgIpc) is 1.80. The largest absolute Gasteiger partial charge is 0.325 e. The third-order valence-electron chi connectivity index (χ3n) is 1.00. The van der Waals surface area contributed by atoms with Crippen molar-refractivity contribution in [2.24, 2.45) is 0 Å². The molecule has 2 N–H and O–H groups in total. The molecular formula is C4H6N2O2Si. The number of H-pyrrole nitrogens is 2. The summed E-state index contributed by atoms with van der Waals surface area (Å²) in [6.45, 7) is 0. The van der Waals surface area contributed by atoms with E-state index in [9.17, 15) is 9.59 Å². The van der Waals surface area contributed by atoms with Crippen molar-refractivity contribution in [3.63, 3.8) is 0 Å². The third kappa shape index (κ3) is 1.17. The number of hydrogen-bond acceptors (Lipinski definition) is 2. The molecule has 0 amide bonds. The standard InChI is InChI=1S/C4H6N2O2Si/c7-3-2(9)1-5-4(8)6-3/h1H,9H3,(H2,5,6,7,8). The summed E-state index contributed by atoms with van der Waals surface area (Å²) < 4.78 is 0. The smallest absolute Gasteiger partial charge is 0.314 e. The minimum Gasteiger partial charge on any atom is -0.314 e. The van der Waals surface area contributed by atoms with Gasteiger partial charge in [-0.25, -0.2) is 4.79 Å². The number of aromatic nitrogens is 2. The molecule has 1 rings (SSSR count). The molecule has 0 aliphatic heterocycles. The van der Waals surface area contributed by atoms with Gasteiger partial charge >= 0.3 is 5.69 Å². The molecule has 5 heteroatoms. The molecule has 0 spiro atoms. The van der Waals surface area contributed by atoms with E-state index in [-0.39, 0.29) is 5.56 Å². The molecule has 0 atom stereocenters. The zero-order valence-electron chi connectivity index (χ0n) is 4.89. The Morgan fingerprint density at radius 3 is 2.56 bits per heavy atom. The Morgan fingerprint density at radius 1 is 1.44 bits per heavy atom. The maximum absolute atomic E-state index is 10.6. The van der Waals surface area contributed by atoms with Crippen molar-refractivity contribution in [2.45, 2.75) is 0 Å². The quantitative estimate of drug-likeness (QED) is 0.380. The maximum atomic E-state index is 10.6. The molecule has 0 unspecified atom stereocenters. The fraction of sp³-hybridized carbons (Fsp3) is 0. The van der Waals surface area contributed by atoms with E-state index in [0.29, 0.717) is 15.4 Å². The summed E-state index contributed by atoms with van der Waals surface area (Å²) in [5.74, 6) is 0. The van der Waals surface area contributed by atoms with E-state index >= 15 is 0 Å². The SMILES string of the molecule is O=c1[nH]cc([SiH3])c(=O)[nH]1. The molecule has 0 radical (unpaired) electrons. The van der Waals surface area contributed by atoms with Crippen LogP contribution in [-0.2, 0) is 0 Å². The Hall–Kier alpha value is -1.10. The van der Waals surface area contributed by atoms with Crippen LogP contribution in [0.1, 0.15) is 0 Å². The van der Waals surface area contributed by atoms with Crippen LogP contribution >= 0.6 is 0 Å². The van der Waals surface area contributed by atoms with Gasteiger partial charge in [-0.15, -0.1) is 0 Å². The van der Waals surface area contributed by atoms with Crippen molar-refractivity contribution < 1.29 is 0 Å². The maximum Gasteiger partial charge on any atom is 0.325 e. The van der Waals surface area contributed by atoms with Crippen molar-refractivity contribution in [1.82, 2.24) is 9.97 Å². The first kappa shape index (κ1) is 6.02. The molecular weight excluding hydrogens is 136 g/mol. The molecule has 0 fully saturated rings. The van der Waals surface area contributed by atoms with Crippen LogP contribution in [0.4, 0.5) is 0 Å². The van der Waals surface area contributed by atoms with Crippen molar-refractivity contribution in [1.29, 1.82) is 0 Å². The second kappa shape index (κ2) is 2.02. The van der Waals surface area contributed by atoms with Gasteiger partial charge in [0.25, 0.3) is 5.56 Å². The van der Waals surface area contributed by atoms with Gasteiger partial charge in [-0.05, 0) is 0 Å². The Kier molecular flexibility index (Phi) is 1.35. The number of nitrogens with one attached hydrogen (secondary N) is 2. The highest BCUT2D eigenvalue weighted by atomic mass is 28.1. The first-order chi connectivity index (χ1) is 4.20. The summed E-state index contributed by atoms with van der Waals surface area (Å²) in [4.78, 5) is 25.4. The van der Waals surface area contributed by atoms with E-state index in [1.807, 2.05) is 0 Å². The van der Waals surface area contributed by atoms with E-state index in [1.54, 1.807) is 0 Å². The number of aromatic amines is 2. The molecule has 9 heavy (non-hydrogen) atoms. The molecule has 1 heterocycles. The van der Waals surface area contributed by atoms with Crippen LogP contribution < -0.4 is 16.4 Å². The topological polar surface area (TPSA) is 65.7 Å². The van der Waals surface area contributed by atoms with Crippen molar-refractivity contribution in [3.05, 3.63) is 27.0 Å². The van der Waals surface area contributed by atoms with Gasteiger partial charge in [-0.2, -0.15) is 0 Å². The van der Waals surface area contributed by atoms with E-state index in [4.69, 9.17) is 0 Å². The number of rotatable bonds is 0. The van der Waals surface area contributed by atoms with Gasteiger partial charge in [0, 0.05) is 21.6 Å². The third-order valence-corrected chi connectivity index (χ3v) is 1.75. The van der Waals surface area contributed by atoms with Gasteiger partial charge in [0.1, 0.15) is 0 Å². The van der Waals surface area contributed by atoms with Gasteiger partial charge in [0.05, 0.1) is 0 Å². The summed E-state index contributed by atoms with van der Waals surface area (Å²) >= 11 is 0. The van der Waals surface area contributed by atoms with Gasteiger partial charge in [-0.1, -0.05) is 0 Å². The lowest BCUT2D eigenvalue weighted by Crippen LogP contribution is -2.34. The summed E-state index contributed by atoms with van der Waals surface area (Å²) in [5, 5.41) is 0.648. The highest BCUT2D eigenvalue weighted by Crippen LogP contribution is 1.47. The predicted octanol–water partition coefficient (Wildman–Crippen LogP) is -2.95. The molecule has 0 aliphatic rings. The normalized spacial score (nSPS) is 9.78. The lowest BCUT2D eigenvalue weighted by Gasteiger charge is -1.84. The Bertz CT molecular complexity index is 313. The summed E-state index contributed by atoms with van der Waals surface area (Å²) in [7, 11) is 0.660. The monoisotopic (exact) mass is 142 g/mol. The van der Waals surface area contributed by atoms with Crippen LogP contribution in [0.25, 0.3) is 0 Å². The summed E-state index contributed by atoms with van der Waals surface area (Å²) in [5.41, 5.74) is -0.718. The lowest BCUT2D eigenvalue weighted by molar-refractivity contribution is 1.05. The summed E-state index contributed by atoms with van der Waals surface area (Å²) in [6, 6.07) is 0.